The lowest BCUT2D eigenvalue weighted by Gasteiger charge is -2.33. The van der Waals surface area contributed by atoms with E-state index < -0.39 is 52.5 Å². The Bertz CT molecular complexity index is 1120. The van der Waals surface area contributed by atoms with E-state index in [0.717, 1.165) is 23.3 Å². The molecule has 6 N–H and O–H groups in total. The van der Waals surface area contributed by atoms with Crippen molar-refractivity contribution in [1.82, 2.24) is 0 Å². The number of carbonyl (C=O) groups excluding carboxylic acids is 1. The molecule has 160 valence electrons. The summed E-state index contributed by atoms with van der Waals surface area (Å²) in [5, 5.41) is 58.4. The van der Waals surface area contributed by atoms with Gasteiger partial charge in [0.2, 0.25) is 0 Å². The van der Waals surface area contributed by atoms with Gasteiger partial charge in [0.1, 0.15) is 6.10 Å². The zero-order valence-corrected chi connectivity index (χ0v) is 16.2. The second kappa shape index (κ2) is 7.64. The number of benzene rings is 3. The summed E-state index contributed by atoms with van der Waals surface area (Å²) in [6.45, 7) is 0. The minimum Gasteiger partial charge on any atom is -0.504 e. The van der Waals surface area contributed by atoms with Crippen molar-refractivity contribution in [3.05, 3.63) is 70.8 Å². The van der Waals surface area contributed by atoms with E-state index in [1.54, 1.807) is 0 Å². The summed E-state index contributed by atoms with van der Waals surface area (Å²) in [7, 11) is 0. The number of ether oxygens (including phenoxy) is 1. The van der Waals surface area contributed by atoms with E-state index in [4.69, 9.17) is 4.74 Å². The van der Waals surface area contributed by atoms with E-state index in [1.807, 2.05) is 24.3 Å². The minimum absolute atomic E-state index is 0.151. The van der Waals surface area contributed by atoms with E-state index in [1.165, 1.54) is 12.1 Å². The van der Waals surface area contributed by atoms with Crippen LogP contribution in [-0.4, -0.2) is 42.7 Å². The Morgan fingerprint density at radius 2 is 1.23 bits per heavy atom. The van der Waals surface area contributed by atoms with Crippen LogP contribution < -0.4 is 0 Å². The predicted molar refractivity (Wildman–Crippen MR) is 109 cm³/mol. The van der Waals surface area contributed by atoms with Gasteiger partial charge in [0.25, 0.3) is 0 Å². The molecule has 0 spiro atoms. The number of esters is 1. The molecular formula is C23H20O8. The highest BCUT2D eigenvalue weighted by molar-refractivity contribution is 5.91. The summed E-state index contributed by atoms with van der Waals surface area (Å²) >= 11 is 0. The van der Waals surface area contributed by atoms with Crippen LogP contribution in [0.5, 0.6) is 34.5 Å². The van der Waals surface area contributed by atoms with Crippen LogP contribution in [0.2, 0.25) is 0 Å². The monoisotopic (exact) mass is 424 g/mol. The minimum atomic E-state index is -0.827. The first-order valence-electron chi connectivity index (χ1n) is 9.52. The molecule has 31 heavy (non-hydrogen) atoms. The number of carbonyl (C=O) groups is 1. The third kappa shape index (κ3) is 3.75. The van der Waals surface area contributed by atoms with E-state index in [2.05, 4.69) is 0 Å². The van der Waals surface area contributed by atoms with Gasteiger partial charge in [0.05, 0.1) is 5.56 Å². The summed E-state index contributed by atoms with van der Waals surface area (Å²) in [5.74, 6) is -4.96. The molecule has 1 aliphatic rings. The molecule has 1 aliphatic carbocycles. The van der Waals surface area contributed by atoms with Gasteiger partial charge in [-0.15, -0.1) is 0 Å². The number of rotatable bonds is 3. The summed E-state index contributed by atoms with van der Waals surface area (Å²) in [6, 6.07) is 12.2. The van der Waals surface area contributed by atoms with Crippen LogP contribution >= 0.6 is 0 Å². The lowest BCUT2D eigenvalue weighted by atomic mass is 9.78. The molecule has 0 fully saturated rings. The molecule has 0 saturated carbocycles. The van der Waals surface area contributed by atoms with Gasteiger partial charge < -0.3 is 35.4 Å². The second-order valence-corrected chi connectivity index (χ2v) is 7.50. The number of phenolic OH excluding ortho intramolecular Hbond substituents is 6. The molecule has 2 atom stereocenters. The standard InChI is InChI=1S/C23H20O8/c24-16-6-13(7-17(25)21(16)28)15-5-11-3-1-2-4-12(11)10-20(15)31-23(30)14-8-18(26)22(29)19(27)9-14/h1-4,6-9,15,20,24-29H,5,10H2/t15-,20?/m0/s1. The van der Waals surface area contributed by atoms with Crippen LogP contribution in [0.4, 0.5) is 0 Å². The SMILES string of the molecule is O=C(OC1Cc2ccccc2C[C@H]1c1cc(O)c(O)c(O)c1)c1cc(O)c(O)c(O)c1. The molecule has 0 heterocycles. The molecule has 3 aromatic rings. The van der Waals surface area contributed by atoms with Crippen molar-refractivity contribution in [1.29, 1.82) is 0 Å². The third-order valence-corrected chi connectivity index (χ3v) is 5.51. The highest BCUT2D eigenvalue weighted by Gasteiger charge is 2.34. The molecular weight excluding hydrogens is 404 g/mol. The Morgan fingerprint density at radius 3 is 1.77 bits per heavy atom. The molecule has 0 aliphatic heterocycles. The number of fused-ring (bicyclic) bond motifs is 1. The van der Waals surface area contributed by atoms with Crippen LogP contribution in [0.15, 0.2) is 48.5 Å². The van der Waals surface area contributed by atoms with Gasteiger partial charge in [0, 0.05) is 12.3 Å². The molecule has 0 amide bonds. The molecule has 4 rings (SSSR count). The van der Waals surface area contributed by atoms with Gasteiger partial charge in [0.15, 0.2) is 34.5 Å². The van der Waals surface area contributed by atoms with Crippen molar-refractivity contribution < 1.29 is 40.2 Å². The van der Waals surface area contributed by atoms with Crippen LogP contribution in [0, 0.1) is 0 Å². The molecule has 0 aromatic heterocycles. The molecule has 8 nitrogen and oxygen atoms in total. The van der Waals surface area contributed by atoms with E-state index in [-0.39, 0.29) is 5.56 Å². The molecule has 0 radical (unpaired) electrons. The zero-order chi connectivity index (χ0) is 22.3. The maximum atomic E-state index is 12.7. The van der Waals surface area contributed by atoms with Crippen molar-refractivity contribution in [2.45, 2.75) is 24.9 Å². The topological polar surface area (TPSA) is 148 Å². The number of phenols is 6. The van der Waals surface area contributed by atoms with Gasteiger partial charge in [-0.1, -0.05) is 24.3 Å². The average Bonchev–Trinajstić information content (AvgIpc) is 2.74. The number of hydrogen-bond acceptors (Lipinski definition) is 8. The molecule has 0 saturated heterocycles. The van der Waals surface area contributed by atoms with E-state index in [0.29, 0.717) is 18.4 Å². The third-order valence-electron chi connectivity index (χ3n) is 5.51. The maximum absolute atomic E-state index is 12.7. The predicted octanol–water partition coefficient (Wildman–Crippen LogP) is 3.03. The van der Waals surface area contributed by atoms with Crippen LogP contribution in [0.25, 0.3) is 0 Å². The first kappa shape index (κ1) is 20.2. The van der Waals surface area contributed by atoms with Crippen molar-refractivity contribution in [3.8, 4) is 34.5 Å². The quantitative estimate of drug-likeness (QED) is 0.278. The fraction of sp³-hybridized carbons (Fsp3) is 0.174. The van der Waals surface area contributed by atoms with Crippen LogP contribution in [0.3, 0.4) is 0 Å². The smallest absolute Gasteiger partial charge is 0.338 e. The summed E-state index contributed by atoms with van der Waals surface area (Å²) in [6.07, 6.45) is 0.0957. The Hall–Kier alpha value is -4.07. The van der Waals surface area contributed by atoms with Crippen molar-refractivity contribution in [3.63, 3.8) is 0 Å². The Balaban J connectivity index is 1.70. The van der Waals surface area contributed by atoms with Gasteiger partial charge in [-0.05, 0) is 47.4 Å². The Labute approximate surface area is 176 Å². The first-order chi connectivity index (χ1) is 14.7. The molecule has 3 aromatic carbocycles. The summed E-state index contributed by atoms with van der Waals surface area (Å²) in [5.41, 5.74) is 2.31. The lowest BCUT2D eigenvalue weighted by Crippen LogP contribution is -2.33. The lowest BCUT2D eigenvalue weighted by molar-refractivity contribution is 0.0215. The average molecular weight is 424 g/mol. The normalized spacial score (nSPS) is 17.7. The molecule has 0 bridgehead atoms. The van der Waals surface area contributed by atoms with Crippen molar-refractivity contribution in [2.75, 3.05) is 0 Å². The summed E-state index contributed by atoms with van der Waals surface area (Å²) < 4.78 is 5.69. The Morgan fingerprint density at radius 1 is 0.742 bits per heavy atom. The van der Waals surface area contributed by atoms with Crippen molar-refractivity contribution in [2.24, 2.45) is 0 Å². The van der Waals surface area contributed by atoms with Gasteiger partial charge in [-0.2, -0.15) is 0 Å². The summed E-state index contributed by atoms with van der Waals surface area (Å²) in [4.78, 5) is 12.7. The van der Waals surface area contributed by atoms with Gasteiger partial charge in [-0.3, -0.25) is 0 Å². The molecule has 1 unspecified atom stereocenters. The fourth-order valence-electron chi connectivity index (χ4n) is 3.91. The molecule has 8 heteroatoms. The largest absolute Gasteiger partial charge is 0.504 e. The second-order valence-electron chi connectivity index (χ2n) is 7.50. The Kier molecular flexibility index (Phi) is 4.98. The van der Waals surface area contributed by atoms with E-state index >= 15 is 0 Å². The fourth-order valence-corrected chi connectivity index (χ4v) is 3.91. The van der Waals surface area contributed by atoms with Crippen LogP contribution in [-0.2, 0) is 17.6 Å². The van der Waals surface area contributed by atoms with E-state index in [9.17, 15) is 35.4 Å². The van der Waals surface area contributed by atoms with Crippen LogP contribution in [0.1, 0.15) is 33.0 Å². The highest BCUT2D eigenvalue weighted by atomic mass is 16.5. The highest BCUT2D eigenvalue weighted by Crippen LogP contribution is 2.42. The zero-order valence-electron chi connectivity index (χ0n) is 16.2. The first-order valence-corrected chi connectivity index (χ1v) is 9.52. The van der Waals surface area contributed by atoms with Gasteiger partial charge >= 0.3 is 5.97 Å². The van der Waals surface area contributed by atoms with Crippen molar-refractivity contribution >= 4 is 5.97 Å². The van der Waals surface area contributed by atoms with Gasteiger partial charge in [-0.25, -0.2) is 4.79 Å². The number of aromatic hydroxyl groups is 6. The number of hydrogen-bond donors (Lipinski definition) is 6. The maximum Gasteiger partial charge on any atom is 0.338 e.